The van der Waals surface area contributed by atoms with Gasteiger partial charge in [0.1, 0.15) is 5.82 Å². The molecule has 0 heterocycles. The van der Waals surface area contributed by atoms with E-state index in [0.717, 1.165) is 18.2 Å². The molecule has 0 unspecified atom stereocenters. The summed E-state index contributed by atoms with van der Waals surface area (Å²) in [5.41, 5.74) is -0.664. The fourth-order valence-corrected chi connectivity index (χ4v) is 1.80. The lowest BCUT2D eigenvalue weighted by molar-refractivity contribution is -0.385. The minimum atomic E-state index is -0.949. The molecule has 0 aromatic heterocycles. The molecule has 2 aromatic rings. The maximum Gasteiger partial charge on any atom is 0.272 e. The van der Waals surface area contributed by atoms with Crippen LogP contribution in [0, 0.1) is 21.7 Å². The van der Waals surface area contributed by atoms with Gasteiger partial charge in [-0.2, -0.15) is 0 Å². The molecule has 0 spiro atoms. The summed E-state index contributed by atoms with van der Waals surface area (Å²) in [6, 6.07) is 6.50. The van der Waals surface area contributed by atoms with Crippen LogP contribution >= 0.6 is 15.9 Å². The van der Waals surface area contributed by atoms with E-state index in [4.69, 9.17) is 0 Å². The molecule has 0 aliphatic heterocycles. The van der Waals surface area contributed by atoms with E-state index in [2.05, 4.69) is 21.2 Å². The van der Waals surface area contributed by atoms with Gasteiger partial charge in [-0.25, -0.2) is 8.78 Å². The summed E-state index contributed by atoms with van der Waals surface area (Å²) < 4.78 is 27.1. The van der Waals surface area contributed by atoms with Crippen molar-refractivity contribution >= 4 is 33.2 Å². The van der Waals surface area contributed by atoms with Crippen molar-refractivity contribution in [3.8, 4) is 0 Å². The van der Waals surface area contributed by atoms with Crippen LogP contribution in [0.2, 0.25) is 0 Å². The summed E-state index contributed by atoms with van der Waals surface area (Å²) in [5.74, 6) is -2.31. The van der Waals surface area contributed by atoms with Crippen LogP contribution in [0.3, 0.4) is 0 Å². The Bertz CT molecular complexity index is 737. The summed E-state index contributed by atoms with van der Waals surface area (Å²) in [6.07, 6.45) is 0. The van der Waals surface area contributed by atoms with E-state index in [1.54, 1.807) is 0 Å². The van der Waals surface area contributed by atoms with Crippen LogP contribution in [0.1, 0.15) is 10.4 Å². The maximum absolute atomic E-state index is 13.6. The van der Waals surface area contributed by atoms with Gasteiger partial charge < -0.3 is 5.32 Å². The lowest BCUT2D eigenvalue weighted by atomic mass is 10.2. The van der Waals surface area contributed by atoms with E-state index in [1.807, 2.05) is 0 Å². The topological polar surface area (TPSA) is 72.2 Å². The molecule has 0 saturated heterocycles. The van der Waals surface area contributed by atoms with E-state index >= 15 is 0 Å². The number of nitro groups is 1. The quantitative estimate of drug-likeness (QED) is 0.669. The molecule has 0 atom stereocenters. The minimum Gasteiger partial charge on any atom is -0.319 e. The van der Waals surface area contributed by atoms with Crippen molar-refractivity contribution in [2.45, 2.75) is 0 Å². The second-order valence-corrected chi connectivity index (χ2v) is 4.86. The molecule has 8 heteroatoms. The zero-order chi connectivity index (χ0) is 15.6. The Labute approximate surface area is 125 Å². The molecule has 1 N–H and O–H groups in total. The first-order valence-electron chi connectivity index (χ1n) is 5.59. The lowest BCUT2D eigenvalue weighted by Gasteiger charge is -2.07. The van der Waals surface area contributed by atoms with Crippen molar-refractivity contribution < 1.29 is 18.5 Å². The fourth-order valence-electron chi connectivity index (χ4n) is 1.55. The second kappa shape index (κ2) is 5.96. The number of non-ortho nitro benzene ring substituents is 1. The Hall–Kier alpha value is -2.35. The first-order valence-corrected chi connectivity index (χ1v) is 6.38. The zero-order valence-corrected chi connectivity index (χ0v) is 11.9. The number of nitrogens with zero attached hydrogens (tertiary/aromatic N) is 1. The molecule has 108 valence electrons. The van der Waals surface area contributed by atoms with Crippen LogP contribution in [0.4, 0.5) is 20.2 Å². The number of carbonyl (C=O) groups is 1. The van der Waals surface area contributed by atoms with Crippen LogP contribution in [0.25, 0.3) is 0 Å². The number of benzene rings is 2. The van der Waals surface area contributed by atoms with Gasteiger partial charge in [-0.05, 0) is 40.2 Å². The summed E-state index contributed by atoms with van der Waals surface area (Å²) in [6.45, 7) is 0. The average molecular weight is 357 g/mol. The highest BCUT2D eigenvalue weighted by Gasteiger charge is 2.14. The van der Waals surface area contributed by atoms with E-state index in [1.165, 1.54) is 12.1 Å². The Morgan fingerprint density at radius 1 is 1.14 bits per heavy atom. The standard InChI is InChI=1S/C13H7BrF2N2O3/c14-9-3-1-7(5-10(9)15)13(19)17-12-4-2-8(18(20)21)6-11(12)16/h1-6H,(H,17,19). The molecule has 1 amide bonds. The highest BCUT2D eigenvalue weighted by atomic mass is 79.9. The molecule has 21 heavy (non-hydrogen) atoms. The summed E-state index contributed by atoms with van der Waals surface area (Å²) in [7, 11) is 0. The maximum atomic E-state index is 13.6. The first kappa shape index (κ1) is 15.0. The van der Waals surface area contributed by atoms with Crippen molar-refractivity contribution in [1.82, 2.24) is 0 Å². The molecule has 0 aliphatic rings. The van der Waals surface area contributed by atoms with Gasteiger partial charge in [-0.1, -0.05) is 0 Å². The number of nitrogens with one attached hydrogen (secondary N) is 1. The fraction of sp³-hybridized carbons (Fsp3) is 0. The highest BCUT2D eigenvalue weighted by Crippen LogP contribution is 2.22. The number of amides is 1. The normalized spacial score (nSPS) is 10.2. The molecule has 2 aromatic carbocycles. The Kier molecular flexibility index (Phi) is 4.27. The number of halogens is 3. The molecule has 5 nitrogen and oxygen atoms in total. The van der Waals surface area contributed by atoms with Gasteiger partial charge in [0.15, 0.2) is 5.82 Å². The van der Waals surface area contributed by atoms with E-state index < -0.39 is 28.2 Å². The summed E-state index contributed by atoms with van der Waals surface area (Å²) in [4.78, 5) is 21.6. The number of rotatable bonds is 3. The number of anilines is 1. The number of carbonyl (C=O) groups excluding carboxylic acids is 1. The predicted octanol–water partition coefficient (Wildman–Crippen LogP) is 3.89. The number of nitro benzene ring substituents is 1. The van der Waals surface area contributed by atoms with E-state index in [0.29, 0.717) is 6.07 Å². The van der Waals surface area contributed by atoms with Crippen molar-refractivity contribution in [3.05, 3.63) is 68.2 Å². The van der Waals surface area contributed by atoms with E-state index in [-0.39, 0.29) is 15.7 Å². The Morgan fingerprint density at radius 3 is 2.43 bits per heavy atom. The number of hydrogen-bond acceptors (Lipinski definition) is 3. The molecule has 0 radical (unpaired) electrons. The monoisotopic (exact) mass is 356 g/mol. The summed E-state index contributed by atoms with van der Waals surface area (Å²) >= 11 is 2.95. The Balaban J connectivity index is 2.23. The highest BCUT2D eigenvalue weighted by molar-refractivity contribution is 9.10. The van der Waals surface area contributed by atoms with Crippen LogP contribution in [-0.2, 0) is 0 Å². The van der Waals surface area contributed by atoms with Crippen LogP contribution < -0.4 is 5.32 Å². The van der Waals surface area contributed by atoms with Crippen LogP contribution in [0.5, 0.6) is 0 Å². The van der Waals surface area contributed by atoms with Crippen molar-refractivity contribution in [1.29, 1.82) is 0 Å². The van der Waals surface area contributed by atoms with Crippen molar-refractivity contribution in [2.75, 3.05) is 5.32 Å². The third kappa shape index (κ3) is 3.40. The van der Waals surface area contributed by atoms with Gasteiger partial charge in [0.2, 0.25) is 0 Å². The smallest absolute Gasteiger partial charge is 0.272 e. The SMILES string of the molecule is O=C(Nc1ccc([N+](=O)[O-])cc1F)c1ccc(Br)c(F)c1. The van der Waals surface area contributed by atoms with Gasteiger partial charge in [0.05, 0.1) is 21.1 Å². The van der Waals surface area contributed by atoms with E-state index in [9.17, 15) is 23.7 Å². The lowest BCUT2D eigenvalue weighted by Crippen LogP contribution is -2.13. The number of hydrogen-bond donors (Lipinski definition) is 1. The van der Waals surface area contributed by atoms with Crippen LogP contribution in [-0.4, -0.2) is 10.8 Å². The van der Waals surface area contributed by atoms with Crippen molar-refractivity contribution in [3.63, 3.8) is 0 Å². The Morgan fingerprint density at radius 2 is 1.86 bits per heavy atom. The average Bonchev–Trinajstić information content (AvgIpc) is 2.43. The minimum absolute atomic E-state index is 0.00606. The zero-order valence-electron chi connectivity index (χ0n) is 10.3. The summed E-state index contributed by atoms with van der Waals surface area (Å²) in [5, 5.41) is 12.7. The van der Waals surface area contributed by atoms with Gasteiger partial charge in [-0.3, -0.25) is 14.9 Å². The molecule has 0 aliphatic carbocycles. The van der Waals surface area contributed by atoms with Crippen LogP contribution in [0.15, 0.2) is 40.9 Å². The second-order valence-electron chi connectivity index (χ2n) is 4.00. The molecule has 0 saturated carbocycles. The molecular formula is C13H7BrF2N2O3. The van der Waals surface area contributed by atoms with Gasteiger partial charge in [-0.15, -0.1) is 0 Å². The predicted molar refractivity (Wildman–Crippen MR) is 75.1 cm³/mol. The van der Waals surface area contributed by atoms with Gasteiger partial charge >= 0.3 is 0 Å². The molecular weight excluding hydrogens is 350 g/mol. The van der Waals surface area contributed by atoms with Crippen molar-refractivity contribution in [2.24, 2.45) is 0 Å². The third-order valence-electron chi connectivity index (χ3n) is 2.59. The molecule has 0 bridgehead atoms. The largest absolute Gasteiger partial charge is 0.319 e. The van der Waals surface area contributed by atoms with Gasteiger partial charge in [0, 0.05) is 11.6 Å². The first-order chi connectivity index (χ1) is 9.88. The molecule has 2 rings (SSSR count). The molecule has 0 fully saturated rings. The third-order valence-corrected chi connectivity index (χ3v) is 3.24. The van der Waals surface area contributed by atoms with Gasteiger partial charge in [0.25, 0.3) is 11.6 Å².